The minimum absolute atomic E-state index is 0.00293. The fourth-order valence-electron chi connectivity index (χ4n) is 3.45. The van der Waals surface area contributed by atoms with Crippen LogP contribution in [0.1, 0.15) is 22.9 Å². The first kappa shape index (κ1) is 16.9. The Bertz CT molecular complexity index is 870. The van der Waals surface area contributed by atoms with Gasteiger partial charge in [0.15, 0.2) is 0 Å². The second-order valence-corrected chi connectivity index (χ2v) is 6.73. The molecule has 1 atom stereocenters. The predicted molar refractivity (Wildman–Crippen MR) is 103 cm³/mol. The molecule has 0 saturated carbocycles. The third kappa shape index (κ3) is 3.52. The SMILES string of the molecule is COc1ccc(CN2CCO[C@@H]2c2ccn(-c3cccc(C)c3)c2)cc1. The molecule has 2 aromatic carbocycles. The van der Waals surface area contributed by atoms with E-state index in [1.54, 1.807) is 7.11 Å². The number of nitrogens with zero attached hydrogens (tertiary/aromatic N) is 2. The summed E-state index contributed by atoms with van der Waals surface area (Å²) in [5, 5.41) is 0. The van der Waals surface area contributed by atoms with Crippen molar-refractivity contribution in [3.05, 3.63) is 83.7 Å². The van der Waals surface area contributed by atoms with E-state index in [2.05, 4.69) is 71.2 Å². The standard InChI is InChI=1S/C22H24N2O2/c1-17-4-3-5-20(14-17)23-11-10-19(16-23)22-24(12-13-26-22)15-18-6-8-21(25-2)9-7-18/h3-11,14,16,22H,12-13,15H2,1-2H3/t22-/m1/s1. The van der Waals surface area contributed by atoms with Crippen molar-refractivity contribution >= 4 is 0 Å². The molecule has 26 heavy (non-hydrogen) atoms. The van der Waals surface area contributed by atoms with E-state index in [-0.39, 0.29) is 6.23 Å². The van der Waals surface area contributed by atoms with Crippen LogP contribution in [0.25, 0.3) is 5.69 Å². The Morgan fingerprint density at radius 1 is 1.12 bits per heavy atom. The molecule has 0 spiro atoms. The Hall–Kier alpha value is -2.56. The monoisotopic (exact) mass is 348 g/mol. The van der Waals surface area contributed by atoms with Crippen LogP contribution in [0.15, 0.2) is 67.0 Å². The number of ether oxygens (including phenoxy) is 2. The first-order chi connectivity index (χ1) is 12.7. The van der Waals surface area contributed by atoms with Crippen LogP contribution in [0.3, 0.4) is 0 Å². The number of aryl methyl sites for hydroxylation is 1. The molecular weight excluding hydrogens is 324 g/mol. The predicted octanol–water partition coefficient (Wildman–Crippen LogP) is 4.33. The molecule has 134 valence electrons. The maximum Gasteiger partial charge on any atom is 0.138 e. The molecule has 0 unspecified atom stereocenters. The van der Waals surface area contributed by atoms with Crippen LogP contribution < -0.4 is 4.74 Å². The molecule has 0 radical (unpaired) electrons. The minimum atomic E-state index is 0.00293. The average molecular weight is 348 g/mol. The molecule has 4 rings (SSSR count). The highest BCUT2D eigenvalue weighted by Gasteiger charge is 2.27. The Kier molecular flexibility index (Phi) is 4.78. The van der Waals surface area contributed by atoms with Crippen molar-refractivity contribution in [1.82, 2.24) is 9.47 Å². The Labute approximate surface area is 154 Å². The molecule has 1 fully saturated rings. The quantitative estimate of drug-likeness (QED) is 0.687. The van der Waals surface area contributed by atoms with Gasteiger partial charge >= 0.3 is 0 Å². The van der Waals surface area contributed by atoms with Crippen molar-refractivity contribution in [3.8, 4) is 11.4 Å². The molecule has 1 aromatic heterocycles. The van der Waals surface area contributed by atoms with E-state index >= 15 is 0 Å². The van der Waals surface area contributed by atoms with E-state index in [1.165, 1.54) is 22.4 Å². The van der Waals surface area contributed by atoms with E-state index in [4.69, 9.17) is 9.47 Å². The number of aromatic nitrogens is 1. The van der Waals surface area contributed by atoms with Gasteiger partial charge in [-0.3, -0.25) is 4.90 Å². The summed E-state index contributed by atoms with van der Waals surface area (Å²) in [5.41, 5.74) is 4.89. The minimum Gasteiger partial charge on any atom is -0.497 e. The summed E-state index contributed by atoms with van der Waals surface area (Å²) in [6.45, 7) is 4.68. The summed E-state index contributed by atoms with van der Waals surface area (Å²) in [4.78, 5) is 2.37. The van der Waals surface area contributed by atoms with Gasteiger partial charge in [0.25, 0.3) is 0 Å². The Balaban J connectivity index is 1.51. The average Bonchev–Trinajstić information content (AvgIpc) is 3.31. The van der Waals surface area contributed by atoms with Gasteiger partial charge in [-0.1, -0.05) is 24.3 Å². The van der Waals surface area contributed by atoms with Gasteiger partial charge in [0.05, 0.1) is 13.7 Å². The summed E-state index contributed by atoms with van der Waals surface area (Å²) < 4.78 is 13.4. The fraction of sp³-hybridized carbons (Fsp3) is 0.273. The lowest BCUT2D eigenvalue weighted by atomic mass is 10.2. The van der Waals surface area contributed by atoms with E-state index in [0.717, 1.165) is 25.4 Å². The summed E-state index contributed by atoms with van der Waals surface area (Å²) in [5.74, 6) is 0.887. The highest BCUT2D eigenvalue weighted by atomic mass is 16.5. The van der Waals surface area contributed by atoms with Gasteiger partial charge in [-0.15, -0.1) is 0 Å². The van der Waals surface area contributed by atoms with E-state index in [9.17, 15) is 0 Å². The molecule has 0 amide bonds. The molecule has 4 nitrogen and oxygen atoms in total. The van der Waals surface area contributed by atoms with Crippen molar-refractivity contribution in [2.24, 2.45) is 0 Å². The molecule has 1 saturated heterocycles. The summed E-state index contributed by atoms with van der Waals surface area (Å²) >= 11 is 0. The third-order valence-electron chi connectivity index (χ3n) is 4.83. The van der Waals surface area contributed by atoms with Crippen LogP contribution in [-0.2, 0) is 11.3 Å². The van der Waals surface area contributed by atoms with Crippen molar-refractivity contribution in [3.63, 3.8) is 0 Å². The van der Waals surface area contributed by atoms with Gasteiger partial charge in [-0.05, 0) is 48.4 Å². The van der Waals surface area contributed by atoms with E-state index < -0.39 is 0 Å². The largest absolute Gasteiger partial charge is 0.497 e. The first-order valence-electron chi connectivity index (χ1n) is 8.96. The molecular formula is C22H24N2O2. The zero-order valence-electron chi connectivity index (χ0n) is 15.3. The fourth-order valence-corrected chi connectivity index (χ4v) is 3.45. The number of hydrogen-bond donors (Lipinski definition) is 0. The maximum absolute atomic E-state index is 6.03. The summed E-state index contributed by atoms with van der Waals surface area (Å²) in [7, 11) is 1.69. The molecule has 1 aliphatic heterocycles. The lowest BCUT2D eigenvalue weighted by Crippen LogP contribution is -2.23. The van der Waals surface area contributed by atoms with E-state index in [1.807, 2.05) is 12.1 Å². The summed E-state index contributed by atoms with van der Waals surface area (Å²) in [6, 6.07) is 18.9. The van der Waals surface area contributed by atoms with Gasteiger partial charge in [0.2, 0.25) is 0 Å². The van der Waals surface area contributed by atoms with Gasteiger partial charge in [0.1, 0.15) is 12.0 Å². The summed E-state index contributed by atoms with van der Waals surface area (Å²) in [6.07, 6.45) is 4.28. The highest BCUT2D eigenvalue weighted by Crippen LogP contribution is 2.29. The van der Waals surface area contributed by atoms with Crippen LogP contribution in [0, 0.1) is 6.92 Å². The van der Waals surface area contributed by atoms with Crippen LogP contribution in [0.5, 0.6) is 5.75 Å². The lowest BCUT2D eigenvalue weighted by molar-refractivity contribution is 0.0288. The highest BCUT2D eigenvalue weighted by molar-refractivity contribution is 5.37. The number of methoxy groups -OCH3 is 1. The third-order valence-corrected chi connectivity index (χ3v) is 4.83. The van der Waals surface area contributed by atoms with Crippen molar-refractivity contribution < 1.29 is 9.47 Å². The Morgan fingerprint density at radius 2 is 1.96 bits per heavy atom. The number of hydrogen-bond acceptors (Lipinski definition) is 3. The van der Waals surface area contributed by atoms with Gasteiger partial charge in [0, 0.05) is 36.7 Å². The topological polar surface area (TPSA) is 26.6 Å². The van der Waals surface area contributed by atoms with Crippen molar-refractivity contribution in [2.75, 3.05) is 20.3 Å². The molecule has 0 aliphatic carbocycles. The molecule has 0 N–H and O–H groups in total. The zero-order chi connectivity index (χ0) is 17.9. The van der Waals surface area contributed by atoms with Crippen molar-refractivity contribution in [1.29, 1.82) is 0 Å². The van der Waals surface area contributed by atoms with Gasteiger partial charge in [-0.25, -0.2) is 0 Å². The molecule has 3 aromatic rings. The zero-order valence-corrected chi connectivity index (χ0v) is 15.3. The van der Waals surface area contributed by atoms with Crippen LogP contribution >= 0.6 is 0 Å². The lowest BCUT2D eigenvalue weighted by Gasteiger charge is -2.22. The normalized spacial score (nSPS) is 17.5. The Morgan fingerprint density at radius 3 is 2.73 bits per heavy atom. The molecule has 1 aliphatic rings. The first-order valence-corrected chi connectivity index (χ1v) is 8.96. The van der Waals surface area contributed by atoms with Crippen LogP contribution in [-0.4, -0.2) is 29.7 Å². The van der Waals surface area contributed by atoms with Crippen molar-refractivity contribution in [2.45, 2.75) is 19.7 Å². The second-order valence-electron chi connectivity index (χ2n) is 6.73. The number of rotatable bonds is 5. The smallest absolute Gasteiger partial charge is 0.138 e. The number of benzene rings is 2. The van der Waals surface area contributed by atoms with E-state index in [0.29, 0.717) is 0 Å². The maximum atomic E-state index is 6.03. The van der Waals surface area contributed by atoms with Gasteiger partial charge in [-0.2, -0.15) is 0 Å². The molecule has 4 heteroatoms. The van der Waals surface area contributed by atoms with Gasteiger partial charge < -0.3 is 14.0 Å². The molecule has 0 bridgehead atoms. The second kappa shape index (κ2) is 7.36. The van der Waals surface area contributed by atoms with Crippen LogP contribution in [0.4, 0.5) is 0 Å². The van der Waals surface area contributed by atoms with Crippen LogP contribution in [0.2, 0.25) is 0 Å². The molecule has 2 heterocycles.